The molecule has 3 aromatic rings. The molecule has 2 aromatic carbocycles. The van der Waals surface area contributed by atoms with E-state index in [0.717, 1.165) is 27.9 Å². The van der Waals surface area contributed by atoms with Crippen LogP contribution in [0, 0.1) is 18.3 Å². The van der Waals surface area contributed by atoms with E-state index in [0.29, 0.717) is 21.3 Å². The number of nitrogens with zero attached hydrogens (tertiary/aromatic N) is 3. The van der Waals surface area contributed by atoms with Crippen LogP contribution in [-0.4, -0.2) is 19.1 Å². The van der Waals surface area contributed by atoms with Gasteiger partial charge in [-0.25, -0.2) is 4.98 Å². The van der Waals surface area contributed by atoms with Gasteiger partial charge in [0.2, 0.25) is 0 Å². The maximum absolute atomic E-state index is 9.66. The van der Waals surface area contributed by atoms with E-state index in [1.54, 1.807) is 12.1 Å². The Morgan fingerprint density at radius 3 is 2.30 bits per heavy atom. The minimum Gasteiger partial charge on any atom is -0.383 e. The molecule has 136 valence electrons. The summed E-state index contributed by atoms with van der Waals surface area (Å²) in [6.07, 6.45) is 0. The molecular weight excluding hydrogens is 379 g/mol. The Bertz CT molecular complexity index is 1050. The fourth-order valence-corrected chi connectivity index (χ4v) is 3.54. The summed E-state index contributed by atoms with van der Waals surface area (Å²) in [7, 11) is 3.96. The molecule has 27 heavy (non-hydrogen) atoms. The number of anilines is 2. The molecule has 0 unspecified atom stereocenters. The summed E-state index contributed by atoms with van der Waals surface area (Å²) in [5.74, 6) is 0.177. The number of hydrogen-bond donors (Lipinski definition) is 1. The summed E-state index contributed by atoms with van der Waals surface area (Å²) >= 11 is 12.4. The lowest BCUT2D eigenvalue weighted by molar-refractivity contribution is 1.13. The number of nitrogen functional groups attached to an aromatic ring is 1. The SMILES string of the molecule is Cc1c(-c2ccc(Cl)cc2Cl)nc(N)c(C#N)c1-c1ccc(N(C)C)cc1. The second-order valence-corrected chi connectivity index (χ2v) is 7.24. The van der Waals surface area contributed by atoms with Gasteiger partial charge in [0.05, 0.1) is 10.7 Å². The molecule has 0 aliphatic carbocycles. The molecule has 0 saturated carbocycles. The number of rotatable bonds is 3. The van der Waals surface area contributed by atoms with Crippen LogP contribution in [0.25, 0.3) is 22.4 Å². The van der Waals surface area contributed by atoms with Crippen LogP contribution in [-0.2, 0) is 0 Å². The monoisotopic (exact) mass is 396 g/mol. The normalized spacial score (nSPS) is 10.5. The highest BCUT2D eigenvalue weighted by atomic mass is 35.5. The standard InChI is InChI=1S/C21H18Cl2N4/c1-12-19(13-4-7-15(8-5-13)27(2)3)17(11-24)21(25)26-20(12)16-9-6-14(22)10-18(16)23/h4-10H,1-3H3,(H2,25,26). The predicted octanol–water partition coefficient (Wildman–Crippen LogP) is 5.55. The molecule has 0 saturated heterocycles. The maximum Gasteiger partial charge on any atom is 0.142 e. The van der Waals surface area contributed by atoms with Gasteiger partial charge in [0, 0.05) is 35.9 Å². The van der Waals surface area contributed by atoms with Gasteiger partial charge in [0.25, 0.3) is 0 Å². The minimum atomic E-state index is 0.177. The first kappa shape index (κ1) is 19.0. The van der Waals surface area contributed by atoms with Gasteiger partial charge in [-0.3, -0.25) is 0 Å². The zero-order chi connectivity index (χ0) is 19.7. The van der Waals surface area contributed by atoms with Gasteiger partial charge in [-0.2, -0.15) is 5.26 Å². The van der Waals surface area contributed by atoms with Crippen LogP contribution < -0.4 is 10.6 Å². The quantitative estimate of drug-likeness (QED) is 0.629. The first-order chi connectivity index (χ1) is 12.8. The number of benzene rings is 2. The molecule has 0 fully saturated rings. The van der Waals surface area contributed by atoms with Crippen LogP contribution in [0.4, 0.5) is 11.5 Å². The number of aromatic nitrogens is 1. The number of halogens is 2. The fourth-order valence-electron chi connectivity index (χ4n) is 3.04. The highest BCUT2D eigenvalue weighted by Crippen LogP contribution is 2.39. The molecular formula is C21H18Cl2N4. The van der Waals surface area contributed by atoms with Gasteiger partial charge >= 0.3 is 0 Å². The number of pyridine rings is 1. The third kappa shape index (κ3) is 3.57. The maximum atomic E-state index is 9.66. The fraction of sp³-hybridized carbons (Fsp3) is 0.143. The molecule has 0 aliphatic heterocycles. The summed E-state index contributed by atoms with van der Waals surface area (Å²) in [5, 5.41) is 10.7. The number of nitrogens with two attached hydrogens (primary N) is 1. The van der Waals surface area contributed by atoms with Gasteiger partial charge < -0.3 is 10.6 Å². The molecule has 0 aliphatic rings. The summed E-state index contributed by atoms with van der Waals surface area (Å²) < 4.78 is 0. The van der Waals surface area contributed by atoms with Crippen molar-refractivity contribution in [3.63, 3.8) is 0 Å². The Labute approximate surface area is 168 Å². The van der Waals surface area contributed by atoms with Gasteiger partial charge in [0.1, 0.15) is 17.5 Å². The Morgan fingerprint density at radius 1 is 1.07 bits per heavy atom. The Morgan fingerprint density at radius 2 is 1.74 bits per heavy atom. The van der Waals surface area contributed by atoms with E-state index in [-0.39, 0.29) is 5.82 Å². The zero-order valence-corrected chi connectivity index (χ0v) is 16.7. The molecule has 6 heteroatoms. The van der Waals surface area contributed by atoms with Crippen molar-refractivity contribution in [2.24, 2.45) is 0 Å². The Balaban J connectivity index is 2.27. The summed E-state index contributed by atoms with van der Waals surface area (Å²) in [4.78, 5) is 6.47. The Kier molecular flexibility index (Phi) is 5.27. The molecule has 4 nitrogen and oxygen atoms in total. The third-order valence-electron chi connectivity index (χ3n) is 4.44. The largest absolute Gasteiger partial charge is 0.383 e. The topological polar surface area (TPSA) is 65.9 Å². The molecule has 3 rings (SSSR count). The molecule has 0 atom stereocenters. The van der Waals surface area contributed by atoms with Gasteiger partial charge in [-0.1, -0.05) is 35.3 Å². The average molecular weight is 397 g/mol. The lowest BCUT2D eigenvalue weighted by atomic mass is 9.92. The average Bonchev–Trinajstić information content (AvgIpc) is 2.63. The second-order valence-electron chi connectivity index (χ2n) is 6.40. The molecule has 1 aromatic heterocycles. The predicted molar refractivity (Wildman–Crippen MR) is 113 cm³/mol. The van der Waals surface area contributed by atoms with Crippen molar-refractivity contribution < 1.29 is 0 Å². The van der Waals surface area contributed by atoms with Crippen molar-refractivity contribution in [1.29, 1.82) is 5.26 Å². The van der Waals surface area contributed by atoms with Crippen molar-refractivity contribution in [3.8, 4) is 28.5 Å². The molecule has 1 heterocycles. The van der Waals surface area contributed by atoms with Crippen molar-refractivity contribution in [2.75, 3.05) is 24.7 Å². The van der Waals surface area contributed by atoms with Crippen molar-refractivity contribution in [1.82, 2.24) is 4.98 Å². The van der Waals surface area contributed by atoms with Crippen LogP contribution in [0.2, 0.25) is 10.0 Å². The second kappa shape index (κ2) is 7.48. The van der Waals surface area contributed by atoms with E-state index in [1.165, 1.54) is 0 Å². The van der Waals surface area contributed by atoms with E-state index < -0.39 is 0 Å². The molecule has 2 N–H and O–H groups in total. The van der Waals surface area contributed by atoms with E-state index in [2.05, 4.69) is 11.1 Å². The summed E-state index contributed by atoms with van der Waals surface area (Å²) in [6, 6.07) is 15.4. The molecule has 0 bridgehead atoms. The van der Waals surface area contributed by atoms with Crippen molar-refractivity contribution in [2.45, 2.75) is 6.92 Å². The summed E-state index contributed by atoms with van der Waals surface area (Å²) in [6.45, 7) is 1.92. The van der Waals surface area contributed by atoms with Crippen LogP contribution in [0.3, 0.4) is 0 Å². The lowest BCUT2D eigenvalue weighted by Crippen LogP contribution is -2.08. The van der Waals surface area contributed by atoms with Gasteiger partial charge in [0.15, 0.2) is 0 Å². The van der Waals surface area contributed by atoms with Gasteiger partial charge in [-0.15, -0.1) is 0 Å². The number of hydrogen-bond acceptors (Lipinski definition) is 4. The first-order valence-corrected chi connectivity index (χ1v) is 9.02. The van der Waals surface area contributed by atoms with E-state index in [1.807, 2.05) is 56.3 Å². The lowest BCUT2D eigenvalue weighted by Gasteiger charge is -2.17. The van der Waals surface area contributed by atoms with Crippen LogP contribution in [0.1, 0.15) is 11.1 Å². The Hall–Kier alpha value is -2.74. The van der Waals surface area contributed by atoms with Crippen molar-refractivity contribution >= 4 is 34.7 Å². The van der Waals surface area contributed by atoms with Crippen molar-refractivity contribution in [3.05, 3.63) is 63.6 Å². The highest BCUT2D eigenvalue weighted by Gasteiger charge is 2.19. The smallest absolute Gasteiger partial charge is 0.142 e. The van der Waals surface area contributed by atoms with E-state index in [9.17, 15) is 5.26 Å². The molecule has 0 radical (unpaired) electrons. The molecule has 0 amide bonds. The van der Waals surface area contributed by atoms with Gasteiger partial charge in [-0.05, 0) is 48.4 Å². The summed E-state index contributed by atoms with van der Waals surface area (Å²) in [5.41, 5.74) is 11.4. The first-order valence-electron chi connectivity index (χ1n) is 8.26. The van der Waals surface area contributed by atoms with Crippen LogP contribution >= 0.6 is 23.2 Å². The van der Waals surface area contributed by atoms with Crippen LogP contribution in [0.15, 0.2) is 42.5 Å². The third-order valence-corrected chi connectivity index (χ3v) is 4.99. The zero-order valence-electron chi connectivity index (χ0n) is 15.2. The molecule has 0 spiro atoms. The number of nitriles is 1. The van der Waals surface area contributed by atoms with E-state index in [4.69, 9.17) is 28.9 Å². The van der Waals surface area contributed by atoms with E-state index >= 15 is 0 Å². The minimum absolute atomic E-state index is 0.177. The van der Waals surface area contributed by atoms with Crippen LogP contribution in [0.5, 0.6) is 0 Å². The highest BCUT2D eigenvalue weighted by molar-refractivity contribution is 6.36.